The summed E-state index contributed by atoms with van der Waals surface area (Å²) in [6.45, 7) is 2.18. The molecular weight excluding hydrogens is 403 g/mol. The smallest absolute Gasteiger partial charge is 0.191 e. The van der Waals surface area contributed by atoms with Crippen LogP contribution in [0.4, 0.5) is 0 Å². The fourth-order valence-electron chi connectivity index (χ4n) is 2.70. The van der Waals surface area contributed by atoms with Crippen molar-refractivity contribution in [1.82, 2.24) is 15.6 Å². The van der Waals surface area contributed by atoms with Gasteiger partial charge >= 0.3 is 0 Å². The molecule has 1 aromatic heterocycles. The summed E-state index contributed by atoms with van der Waals surface area (Å²) in [5.74, 6) is 0.787. The zero-order chi connectivity index (χ0) is 15.5. The van der Waals surface area contributed by atoms with Crippen LogP contribution in [0.15, 0.2) is 29.4 Å². The Morgan fingerprint density at radius 2 is 2.00 bits per heavy atom. The molecule has 1 saturated carbocycles. The Hall–Kier alpha value is -0.890. The summed E-state index contributed by atoms with van der Waals surface area (Å²) in [4.78, 5) is 8.50. The third kappa shape index (κ3) is 8.50. The number of ether oxygens (including phenoxy) is 1. The zero-order valence-corrected chi connectivity index (χ0v) is 16.3. The number of aromatic nitrogens is 1. The minimum atomic E-state index is 0. The fourth-order valence-corrected chi connectivity index (χ4v) is 2.70. The van der Waals surface area contributed by atoms with Gasteiger partial charge in [-0.05, 0) is 25.0 Å². The minimum absolute atomic E-state index is 0. The van der Waals surface area contributed by atoms with Gasteiger partial charge < -0.3 is 15.4 Å². The van der Waals surface area contributed by atoms with Crippen molar-refractivity contribution in [2.24, 2.45) is 4.99 Å². The average molecular weight is 432 g/mol. The van der Waals surface area contributed by atoms with Crippen molar-refractivity contribution in [3.63, 3.8) is 0 Å². The Kier molecular flexibility index (Phi) is 11.0. The monoisotopic (exact) mass is 432 g/mol. The first-order chi connectivity index (χ1) is 10.9. The number of aliphatic imine (C=N–C) groups is 1. The van der Waals surface area contributed by atoms with E-state index < -0.39 is 0 Å². The van der Waals surface area contributed by atoms with Crippen molar-refractivity contribution >= 4 is 29.9 Å². The van der Waals surface area contributed by atoms with Gasteiger partial charge in [-0.1, -0.05) is 31.7 Å². The molecule has 5 nitrogen and oxygen atoms in total. The molecule has 0 radical (unpaired) electrons. The fraction of sp³-hybridized carbons (Fsp3) is 0.647. The highest BCUT2D eigenvalue weighted by atomic mass is 127. The first kappa shape index (κ1) is 20.2. The van der Waals surface area contributed by atoms with E-state index in [1.165, 1.54) is 38.5 Å². The Labute approximate surface area is 156 Å². The number of rotatable bonds is 6. The third-order valence-corrected chi connectivity index (χ3v) is 3.94. The molecular formula is C17H29IN4O. The molecule has 0 bridgehead atoms. The van der Waals surface area contributed by atoms with Crippen LogP contribution in [-0.2, 0) is 11.3 Å². The highest BCUT2D eigenvalue weighted by Crippen LogP contribution is 2.19. The lowest BCUT2D eigenvalue weighted by atomic mass is 10.1. The van der Waals surface area contributed by atoms with Crippen LogP contribution in [0.3, 0.4) is 0 Å². The molecule has 0 aromatic carbocycles. The van der Waals surface area contributed by atoms with Crippen LogP contribution in [0, 0.1) is 0 Å². The maximum Gasteiger partial charge on any atom is 0.191 e. The molecule has 0 amide bonds. The number of guanidine groups is 1. The largest absolute Gasteiger partial charge is 0.376 e. The van der Waals surface area contributed by atoms with E-state index in [0.717, 1.165) is 24.8 Å². The van der Waals surface area contributed by atoms with Crippen LogP contribution in [0.1, 0.15) is 44.2 Å². The lowest BCUT2D eigenvalue weighted by molar-refractivity contribution is 0.0468. The second-order valence-electron chi connectivity index (χ2n) is 5.66. The van der Waals surface area contributed by atoms with Crippen LogP contribution in [-0.4, -0.2) is 37.2 Å². The molecule has 1 aliphatic carbocycles. The molecule has 23 heavy (non-hydrogen) atoms. The molecule has 6 heteroatoms. The Bertz CT molecular complexity index is 433. The molecule has 1 aliphatic rings. The summed E-state index contributed by atoms with van der Waals surface area (Å²) >= 11 is 0. The maximum absolute atomic E-state index is 5.96. The molecule has 0 aliphatic heterocycles. The average Bonchev–Trinajstić information content (AvgIpc) is 2.84. The maximum atomic E-state index is 5.96. The Morgan fingerprint density at radius 1 is 1.22 bits per heavy atom. The van der Waals surface area contributed by atoms with E-state index >= 15 is 0 Å². The summed E-state index contributed by atoms with van der Waals surface area (Å²) in [6, 6.07) is 5.90. The summed E-state index contributed by atoms with van der Waals surface area (Å²) in [5, 5.41) is 6.54. The van der Waals surface area contributed by atoms with Gasteiger partial charge in [0.1, 0.15) is 0 Å². The molecule has 0 atom stereocenters. The summed E-state index contributed by atoms with van der Waals surface area (Å²) in [6.07, 6.45) is 10.0. The van der Waals surface area contributed by atoms with Gasteiger partial charge in [0.25, 0.3) is 0 Å². The van der Waals surface area contributed by atoms with Crippen molar-refractivity contribution < 1.29 is 4.74 Å². The Morgan fingerprint density at radius 3 is 2.65 bits per heavy atom. The third-order valence-electron chi connectivity index (χ3n) is 3.94. The van der Waals surface area contributed by atoms with Crippen molar-refractivity contribution in [2.45, 2.75) is 51.2 Å². The lowest BCUT2D eigenvalue weighted by Gasteiger charge is -2.16. The van der Waals surface area contributed by atoms with Crippen LogP contribution in [0.25, 0.3) is 0 Å². The van der Waals surface area contributed by atoms with Crippen LogP contribution >= 0.6 is 24.0 Å². The molecule has 2 rings (SSSR count). The quantitative estimate of drug-likeness (QED) is 0.239. The topological polar surface area (TPSA) is 58.5 Å². The predicted octanol–water partition coefficient (Wildman–Crippen LogP) is 3.10. The van der Waals surface area contributed by atoms with Gasteiger partial charge in [0.05, 0.1) is 24.9 Å². The first-order valence-corrected chi connectivity index (χ1v) is 8.34. The van der Waals surface area contributed by atoms with E-state index in [2.05, 4.69) is 20.6 Å². The van der Waals surface area contributed by atoms with E-state index in [9.17, 15) is 0 Å². The van der Waals surface area contributed by atoms with Gasteiger partial charge in [-0.25, -0.2) is 0 Å². The van der Waals surface area contributed by atoms with Gasteiger partial charge in [-0.3, -0.25) is 9.98 Å². The number of hydrogen-bond donors (Lipinski definition) is 2. The van der Waals surface area contributed by atoms with Crippen LogP contribution in [0.5, 0.6) is 0 Å². The predicted molar refractivity (Wildman–Crippen MR) is 105 cm³/mol. The van der Waals surface area contributed by atoms with Crippen molar-refractivity contribution in [3.05, 3.63) is 30.1 Å². The molecule has 130 valence electrons. The van der Waals surface area contributed by atoms with Crippen molar-refractivity contribution in [3.8, 4) is 0 Å². The second kappa shape index (κ2) is 12.5. The highest BCUT2D eigenvalue weighted by Gasteiger charge is 2.12. The molecule has 0 unspecified atom stereocenters. The number of nitrogens with zero attached hydrogens (tertiary/aromatic N) is 2. The SMILES string of the molecule is CN=C(NCCOC1CCCCCC1)NCc1ccccn1.I. The Balaban J connectivity index is 0.00000264. The standard InChI is InChI=1S/C17H28N4O.HI/c1-18-17(21-14-15-8-6-7-11-19-15)20-12-13-22-16-9-4-2-3-5-10-16;/h6-8,11,16H,2-5,9-10,12-14H2,1H3,(H2,18,20,21);1H. The zero-order valence-electron chi connectivity index (χ0n) is 14.0. The van der Waals surface area contributed by atoms with E-state index in [1.54, 1.807) is 13.2 Å². The van der Waals surface area contributed by atoms with E-state index in [0.29, 0.717) is 12.6 Å². The summed E-state index contributed by atoms with van der Waals surface area (Å²) in [5.41, 5.74) is 1.00. The molecule has 0 saturated heterocycles. The summed E-state index contributed by atoms with van der Waals surface area (Å²) in [7, 11) is 1.78. The first-order valence-electron chi connectivity index (χ1n) is 8.34. The number of pyridine rings is 1. The van der Waals surface area contributed by atoms with Gasteiger partial charge in [0.15, 0.2) is 5.96 Å². The van der Waals surface area contributed by atoms with Crippen molar-refractivity contribution in [2.75, 3.05) is 20.2 Å². The number of nitrogens with one attached hydrogen (secondary N) is 2. The number of halogens is 1. The summed E-state index contributed by atoms with van der Waals surface area (Å²) < 4.78 is 5.96. The minimum Gasteiger partial charge on any atom is -0.376 e. The van der Waals surface area contributed by atoms with E-state index in [4.69, 9.17) is 4.74 Å². The van der Waals surface area contributed by atoms with Crippen molar-refractivity contribution in [1.29, 1.82) is 0 Å². The second-order valence-corrected chi connectivity index (χ2v) is 5.66. The van der Waals surface area contributed by atoms with Gasteiger partial charge in [0, 0.05) is 19.8 Å². The molecule has 1 heterocycles. The van der Waals surface area contributed by atoms with Gasteiger partial charge in [-0.2, -0.15) is 0 Å². The van der Waals surface area contributed by atoms with Gasteiger partial charge in [0.2, 0.25) is 0 Å². The van der Waals surface area contributed by atoms with Gasteiger partial charge in [-0.15, -0.1) is 24.0 Å². The normalized spacial score (nSPS) is 16.3. The van der Waals surface area contributed by atoms with Crippen LogP contribution < -0.4 is 10.6 Å². The van der Waals surface area contributed by atoms with Crippen LogP contribution in [0.2, 0.25) is 0 Å². The molecule has 1 aromatic rings. The lowest BCUT2D eigenvalue weighted by Crippen LogP contribution is -2.39. The highest BCUT2D eigenvalue weighted by molar-refractivity contribution is 14.0. The van der Waals surface area contributed by atoms with E-state index in [1.807, 2.05) is 18.2 Å². The van der Waals surface area contributed by atoms with E-state index in [-0.39, 0.29) is 24.0 Å². The number of hydrogen-bond acceptors (Lipinski definition) is 3. The molecule has 1 fully saturated rings. The molecule has 2 N–H and O–H groups in total. The molecule has 0 spiro atoms.